The standard InChI is InChI=1S/C8H12O2/c1-4-7(6(3)9)8(10)5-2/h4H,5H2,1-3H3. The first-order valence-corrected chi connectivity index (χ1v) is 3.33. The number of carbonyl (C=O) groups excluding carboxylic acids is 2. The van der Waals surface area contributed by atoms with E-state index >= 15 is 0 Å². The van der Waals surface area contributed by atoms with Crippen molar-refractivity contribution in [3.05, 3.63) is 11.6 Å². The second-order valence-corrected chi connectivity index (χ2v) is 2.04. The molecule has 0 spiro atoms. The minimum absolute atomic E-state index is 0.0741. The number of hydrogen-bond acceptors (Lipinski definition) is 2. The summed E-state index contributed by atoms with van der Waals surface area (Å²) in [6.07, 6.45) is 1.97. The predicted octanol–water partition coefficient (Wildman–Crippen LogP) is 1.50. The minimum atomic E-state index is -0.144. The Labute approximate surface area is 60.9 Å². The third-order valence-corrected chi connectivity index (χ3v) is 1.29. The molecular formula is C8H12O2. The molecule has 10 heavy (non-hydrogen) atoms. The molecule has 0 aliphatic heterocycles. The SMILES string of the molecule is CC=C(C(C)=O)C(=O)CC. The van der Waals surface area contributed by atoms with Crippen molar-refractivity contribution in [2.75, 3.05) is 0 Å². The number of allylic oxidation sites excluding steroid dienone is 2. The van der Waals surface area contributed by atoms with Gasteiger partial charge in [0.15, 0.2) is 11.6 Å². The fraction of sp³-hybridized carbons (Fsp3) is 0.500. The smallest absolute Gasteiger partial charge is 0.165 e. The second kappa shape index (κ2) is 3.99. The Kier molecular flexibility index (Phi) is 3.62. The van der Waals surface area contributed by atoms with Crippen molar-refractivity contribution in [3.63, 3.8) is 0 Å². The topological polar surface area (TPSA) is 34.1 Å². The van der Waals surface area contributed by atoms with E-state index in [2.05, 4.69) is 0 Å². The third kappa shape index (κ3) is 2.13. The van der Waals surface area contributed by atoms with Crippen LogP contribution in [0.2, 0.25) is 0 Å². The normalized spacial score (nSPS) is 11.3. The van der Waals surface area contributed by atoms with Gasteiger partial charge in [0, 0.05) is 6.42 Å². The molecule has 0 N–H and O–H groups in total. The van der Waals surface area contributed by atoms with E-state index in [1.165, 1.54) is 6.92 Å². The molecule has 0 heterocycles. The molecule has 0 unspecified atom stereocenters. The second-order valence-electron chi connectivity index (χ2n) is 2.04. The van der Waals surface area contributed by atoms with Crippen LogP contribution in [0.25, 0.3) is 0 Å². The van der Waals surface area contributed by atoms with Gasteiger partial charge in [-0.2, -0.15) is 0 Å². The van der Waals surface area contributed by atoms with Gasteiger partial charge in [-0.15, -0.1) is 0 Å². The van der Waals surface area contributed by atoms with Crippen LogP contribution in [0.3, 0.4) is 0 Å². The monoisotopic (exact) mass is 140 g/mol. The fourth-order valence-electron chi connectivity index (χ4n) is 0.751. The van der Waals surface area contributed by atoms with Gasteiger partial charge in [-0.1, -0.05) is 13.0 Å². The van der Waals surface area contributed by atoms with Crippen molar-refractivity contribution in [1.29, 1.82) is 0 Å². The molecule has 0 aliphatic rings. The van der Waals surface area contributed by atoms with Gasteiger partial charge >= 0.3 is 0 Å². The molecule has 0 amide bonds. The van der Waals surface area contributed by atoms with Crippen LogP contribution in [0.4, 0.5) is 0 Å². The molecule has 56 valence electrons. The Morgan fingerprint density at radius 2 is 1.90 bits per heavy atom. The summed E-state index contributed by atoms with van der Waals surface area (Å²) in [6.45, 7) is 4.85. The number of rotatable bonds is 3. The minimum Gasteiger partial charge on any atom is -0.294 e. The highest BCUT2D eigenvalue weighted by molar-refractivity contribution is 6.19. The van der Waals surface area contributed by atoms with E-state index in [0.29, 0.717) is 12.0 Å². The molecule has 0 saturated carbocycles. The van der Waals surface area contributed by atoms with Gasteiger partial charge in [-0.25, -0.2) is 0 Å². The quantitative estimate of drug-likeness (QED) is 0.338. The van der Waals surface area contributed by atoms with Crippen molar-refractivity contribution in [2.45, 2.75) is 27.2 Å². The van der Waals surface area contributed by atoms with Crippen LogP contribution >= 0.6 is 0 Å². The molecule has 0 aliphatic carbocycles. The maximum absolute atomic E-state index is 10.9. The molecule has 0 radical (unpaired) electrons. The fourth-order valence-corrected chi connectivity index (χ4v) is 0.751. The van der Waals surface area contributed by atoms with Crippen molar-refractivity contribution in [1.82, 2.24) is 0 Å². The lowest BCUT2D eigenvalue weighted by Gasteiger charge is -1.96. The Balaban J connectivity index is 4.39. The van der Waals surface area contributed by atoms with Crippen molar-refractivity contribution >= 4 is 11.6 Å². The first-order chi connectivity index (χ1) is 4.63. The third-order valence-electron chi connectivity index (χ3n) is 1.29. The highest BCUT2D eigenvalue weighted by atomic mass is 16.1. The summed E-state index contributed by atoms with van der Waals surface area (Å²) >= 11 is 0. The largest absolute Gasteiger partial charge is 0.294 e. The zero-order chi connectivity index (χ0) is 8.15. The van der Waals surface area contributed by atoms with Crippen LogP contribution in [0.1, 0.15) is 27.2 Å². The molecule has 0 aromatic carbocycles. The molecule has 0 atom stereocenters. The summed E-state index contributed by atoms with van der Waals surface area (Å²) in [5.41, 5.74) is 0.322. The van der Waals surface area contributed by atoms with Gasteiger partial charge in [0.05, 0.1) is 5.57 Å². The van der Waals surface area contributed by atoms with E-state index in [1.54, 1.807) is 19.9 Å². The average Bonchev–Trinajstić information content (AvgIpc) is 1.88. The molecule has 0 fully saturated rings. The van der Waals surface area contributed by atoms with Crippen LogP contribution in [-0.4, -0.2) is 11.6 Å². The molecular weight excluding hydrogens is 128 g/mol. The Morgan fingerprint density at radius 3 is 2.00 bits per heavy atom. The number of hydrogen-bond donors (Lipinski definition) is 0. The van der Waals surface area contributed by atoms with Gasteiger partial charge in [0.25, 0.3) is 0 Å². The zero-order valence-electron chi connectivity index (χ0n) is 6.60. The van der Waals surface area contributed by atoms with Gasteiger partial charge in [-0.05, 0) is 13.8 Å². The Bertz CT molecular complexity index is 178. The first-order valence-electron chi connectivity index (χ1n) is 3.33. The number of carbonyl (C=O) groups is 2. The van der Waals surface area contributed by atoms with E-state index < -0.39 is 0 Å². The number of ketones is 2. The van der Waals surface area contributed by atoms with Crippen molar-refractivity contribution in [3.8, 4) is 0 Å². The van der Waals surface area contributed by atoms with Crippen molar-refractivity contribution in [2.24, 2.45) is 0 Å². The van der Waals surface area contributed by atoms with Crippen LogP contribution < -0.4 is 0 Å². The van der Waals surface area contributed by atoms with Gasteiger partial charge in [0.1, 0.15) is 0 Å². The van der Waals surface area contributed by atoms with Crippen molar-refractivity contribution < 1.29 is 9.59 Å². The highest BCUT2D eigenvalue weighted by Crippen LogP contribution is 2.00. The Morgan fingerprint density at radius 1 is 1.40 bits per heavy atom. The van der Waals surface area contributed by atoms with Crippen LogP contribution in [0.5, 0.6) is 0 Å². The van der Waals surface area contributed by atoms with E-state index in [0.717, 1.165) is 0 Å². The van der Waals surface area contributed by atoms with E-state index in [9.17, 15) is 9.59 Å². The van der Waals surface area contributed by atoms with Gasteiger partial charge in [0.2, 0.25) is 0 Å². The summed E-state index contributed by atoms with van der Waals surface area (Å²) < 4.78 is 0. The summed E-state index contributed by atoms with van der Waals surface area (Å²) in [7, 11) is 0. The first kappa shape index (κ1) is 9.08. The Hall–Kier alpha value is -0.920. The lowest BCUT2D eigenvalue weighted by atomic mass is 10.1. The lowest BCUT2D eigenvalue weighted by molar-refractivity contribution is -0.120. The summed E-state index contributed by atoms with van der Waals surface area (Å²) in [5.74, 6) is -0.218. The van der Waals surface area contributed by atoms with Crippen LogP contribution in [-0.2, 0) is 9.59 Å². The predicted molar refractivity (Wildman–Crippen MR) is 39.7 cm³/mol. The number of Topliss-reactive ketones (excluding diaryl/α,β-unsaturated/α-hetero) is 2. The van der Waals surface area contributed by atoms with Gasteiger partial charge in [-0.3, -0.25) is 9.59 Å². The molecule has 0 saturated heterocycles. The van der Waals surface area contributed by atoms with Gasteiger partial charge < -0.3 is 0 Å². The summed E-state index contributed by atoms with van der Waals surface area (Å²) in [4.78, 5) is 21.6. The van der Waals surface area contributed by atoms with E-state index in [4.69, 9.17) is 0 Å². The molecule has 2 nitrogen and oxygen atoms in total. The molecule has 0 aromatic heterocycles. The lowest BCUT2D eigenvalue weighted by Crippen LogP contribution is -2.07. The van der Waals surface area contributed by atoms with Crippen LogP contribution in [0.15, 0.2) is 11.6 Å². The average molecular weight is 140 g/mol. The highest BCUT2D eigenvalue weighted by Gasteiger charge is 2.09. The molecule has 0 aromatic rings. The van der Waals surface area contributed by atoms with E-state index in [-0.39, 0.29) is 11.6 Å². The molecule has 2 heteroatoms. The van der Waals surface area contributed by atoms with E-state index in [1.807, 2.05) is 0 Å². The van der Waals surface area contributed by atoms with Crippen LogP contribution in [0, 0.1) is 0 Å². The summed E-state index contributed by atoms with van der Waals surface area (Å²) in [6, 6.07) is 0. The summed E-state index contributed by atoms with van der Waals surface area (Å²) in [5, 5.41) is 0. The zero-order valence-corrected chi connectivity index (χ0v) is 6.60. The molecule has 0 bridgehead atoms. The molecule has 0 rings (SSSR count). The maximum atomic E-state index is 10.9. The maximum Gasteiger partial charge on any atom is 0.165 e.